The lowest BCUT2D eigenvalue weighted by atomic mass is 9.97. The van der Waals surface area contributed by atoms with Gasteiger partial charge in [-0.1, -0.05) is 30.3 Å². The summed E-state index contributed by atoms with van der Waals surface area (Å²) in [5, 5.41) is 0. The van der Waals surface area contributed by atoms with Gasteiger partial charge in [-0.15, -0.1) is 0 Å². The molecule has 33 heavy (non-hydrogen) atoms. The molecule has 8 heteroatoms. The number of hydrogen-bond acceptors (Lipinski definition) is 7. The molecular weight excluding hydrogens is 426 g/mol. The number of esters is 2. The molecular formula is C25H27NO7. The van der Waals surface area contributed by atoms with E-state index in [1.165, 1.54) is 0 Å². The number of carbonyl (C=O) groups is 4. The molecule has 0 N–H and O–H groups in total. The standard InChI is InChI=1S/C25H27NO7/c1-2-31-25(30)20-12-14-26(15-13-20)22(27)16-33-23(28)17-32-21-10-8-19(9-11-21)24(29)18-6-4-3-5-7-18/h3-11,20H,2,12-17H2,1H3. The number of amides is 1. The Morgan fingerprint density at radius 2 is 1.48 bits per heavy atom. The Balaban J connectivity index is 1.38. The first-order chi connectivity index (χ1) is 16.0. The first-order valence-corrected chi connectivity index (χ1v) is 10.9. The molecule has 2 aromatic carbocycles. The number of likely N-dealkylation sites (tertiary alicyclic amines) is 1. The highest BCUT2D eigenvalue weighted by molar-refractivity contribution is 6.09. The predicted molar refractivity (Wildman–Crippen MR) is 119 cm³/mol. The summed E-state index contributed by atoms with van der Waals surface area (Å²) in [5.41, 5.74) is 1.10. The normalized spacial score (nSPS) is 13.8. The van der Waals surface area contributed by atoms with Crippen LogP contribution in [-0.2, 0) is 23.9 Å². The van der Waals surface area contributed by atoms with E-state index in [1.807, 2.05) is 6.07 Å². The van der Waals surface area contributed by atoms with E-state index >= 15 is 0 Å². The van der Waals surface area contributed by atoms with Gasteiger partial charge in [-0.2, -0.15) is 0 Å². The van der Waals surface area contributed by atoms with Gasteiger partial charge in [0.05, 0.1) is 12.5 Å². The molecule has 0 unspecified atom stereocenters. The van der Waals surface area contributed by atoms with E-state index in [0.29, 0.717) is 49.4 Å². The largest absolute Gasteiger partial charge is 0.482 e. The van der Waals surface area contributed by atoms with Crippen molar-refractivity contribution >= 4 is 23.6 Å². The molecule has 3 rings (SSSR count). The maximum absolute atomic E-state index is 12.4. The molecule has 1 aliphatic heterocycles. The monoisotopic (exact) mass is 453 g/mol. The van der Waals surface area contributed by atoms with Crippen LogP contribution in [0.3, 0.4) is 0 Å². The molecule has 8 nitrogen and oxygen atoms in total. The van der Waals surface area contributed by atoms with Crippen LogP contribution in [-0.4, -0.2) is 61.4 Å². The second-order valence-corrected chi connectivity index (χ2v) is 7.58. The third-order valence-electron chi connectivity index (χ3n) is 5.33. The number of carbonyl (C=O) groups excluding carboxylic acids is 4. The second kappa shape index (κ2) is 11.8. The fourth-order valence-electron chi connectivity index (χ4n) is 3.50. The van der Waals surface area contributed by atoms with Gasteiger partial charge in [0.25, 0.3) is 5.91 Å². The topological polar surface area (TPSA) is 99.2 Å². The molecule has 1 amide bonds. The fraction of sp³-hybridized carbons (Fsp3) is 0.360. The van der Waals surface area contributed by atoms with E-state index in [9.17, 15) is 19.2 Å². The summed E-state index contributed by atoms with van der Waals surface area (Å²) in [6, 6.07) is 15.4. The van der Waals surface area contributed by atoms with Crippen LogP contribution in [0.25, 0.3) is 0 Å². The van der Waals surface area contributed by atoms with Crippen LogP contribution in [0.1, 0.15) is 35.7 Å². The van der Waals surface area contributed by atoms with E-state index in [-0.39, 0.29) is 36.8 Å². The van der Waals surface area contributed by atoms with Crippen molar-refractivity contribution in [3.8, 4) is 5.75 Å². The summed E-state index contributed by atoms with van der Waals surface area (Å²) < 4.78 is 15.4. The highest BCUT2D eigenvalue weighted by Gasteiger charge is 2.28. The van der Waals surface area contributed by atoms with Crippen molar-refractivity contribution in [1.82, 2.24) is 4.90 Å². The maximum Gasteiger partial charge on any atom is 0.344 e. The van der Waals surface area contributed by atoms with E-state index < -0.39 is 5.97 Å². The molecule has 0 radical (unpaired) electrons. The van der Waals surface area contributed by atoms with Crippen molar-refractivity contribution in [1.29, 1.82) is 0 Å². The Bertz CT molecular complexity index is 964. The zero-order valence-corrected chi connectivity index (χ0v) is 18.5. The third-order valence-corrected chi connectivity index (χ3v) is 5.33. The van der Waals surface area contributed by atoms with Crippen LogP contribution in [0.2, 0.25) is 0 Å². The minimum atomic E-state index is -0.672. The van der Waals surface area contributed by atoms with Crippen molar-refractivity contribution in [3.63, 3.8) is 0 Å². The van der Waals surface area contributed by atoms with Gasteiger partial charge in [-0.05, 0) is 44.0 Å². The van der Waals surface area contributed by atoms with Gasteiger partial charge >= 0.3 is 11.9 Å². The molecule has 0 spiro atoms. The van der Waals surface area contributed by atoms with E-state index in [2.05, 4.69) is 0 Å². The summed E-state index contributed by atoms with van der Waals surface area (Å²) in [4.78, 5) is 50.0. The third kappa shape index (κ3) is 6.90. The van der Waals surface area contributed by atoms with E-state index in [0.717, 1.165) is 0 Å². The van der Waals surface area contributed by atoms with Crippen LogP contribution in [0.4, 0.5) is 0 Å². The minimum absolute atomic E-state index is 0.105. The Hall–Kier alpha value is -3.68. The number of piperidine rings is 1. The smallest absolute Gasteiger partial charge is 0.344 e. The SMILES string of the molecule is CCOC(=O)C1CCN(C(=O)COC(=O)COc2ccc(C(=O)c3ccccc3)cc2)CC1. The lowest BCUT2D eigenvalue weighted by molar-refractivity contribution is -0.155. The van der Waals surface area contributed by atoms with Crippen LogP contribution in [0.5, 0.6) is 5.75 Å². The lowest BCUT2D eigenvalue weighted by Gasteiger charge is -2.30. The van der Waals surface area contributed by atoms with Crippen LogP contribution < -0.4 is 4.74 Å². The van der Waals surface area contributed by atoms with Crippen molar-refractivity contribution < 1.29 is 33.4 Å². The van der Waals surface area contributed by atoms with Gasteiger partial charge < -0.3 is 19.1 Å². The summed E-state index contributed by atoms with van der Waals surface area (Å²) in [6.07, 6.45) is 1.06. The summed E-state index contributed by atoms with van der Waals surface area (Å²) >= 11 is 0. The molecule has 0 bridgehead atoms. The first-order valence-electron chi connectivity index (χ1n) is 10.9. The van der Waals surface area contributed by atoms with Gasteiger partial charge in [-0.25, -0.2) is 4.79 Å². The number of nitrogens with zero attached hydrogens (tertiary/aromatic N) is 1. The van der Waals surface area contributed by atoms with E-state index in [1.54, 1.807) is 60.4 Å². The molecule has 0 aromatic heterocycles. The predicted octanol–water partition coefficient (Wildman–Crippen LogP) is 2.64. The second-order valence-electron chi connectivity index (χ2n) is 7.58. The number of benzene rings is 2. The number of ether oxygens (including phenoxy) is 3. The number of hydrogen-bond donors (Lipinski definition) is 0. The number of rotatable bonds is 9. The van der Waals surface area contributed by atoms with Crippen LogP contribution >= 0.6 is 0 Å². The fourth-order valence-corrected chi connectivity index (χ4v) is 3.50. The average molecular weight is 453 g/mol. The molecule has 1 fully saturated rings. The van der Waals surface area contributed by atoms with Gasteiger partial charge in [0.2, 0.25) is 0 Å². The molecule has 1 saturated heterocycles. The maximum atomic E-state index is 12.4. The van der Waals surface area contributed by atoms with Crippen molar-refractivity contribution in [3.05, 3.63) is 65.7 Å². The summed E-state index contributed by atoms with van der Waals surface area (Å²) in [7, 11) is 0. The molecule has 174 valence electrons. The van der Waals surface area contributed by atoms with Gasteiger partial charge in [-0.3, -0.25) is 14.4 Å². The Morgan fingerprint density at radius 3 is 2.12 bits per heavy atom. The molecule has 2 aromatic rings. The van der Waals surface area contributed by atoms with Gasteiger partial charge in [0, 0.05) is 24.2 Å². The lowest BCUT2D eigenvalue weighted by Crippen LogP contribution is -2.42. The Morgan fingerprint density at radius 1 is 0.848 bits per heavy atom. The molecule has 0 aliphatic carbocycles. The van der Waals surface area contributed by atoms with Crippen LogP contribution in [0, 0.1) is 5.92 Å². The molecule has 1 heterocycles. The van der Waals surface area contributed by atoms with Crippen LogP contribution in [0.15, 0.2) is 54.6 Å². The minimum Gasteiger partial charge on any atom is -0.482 e. The highest BCUT2D eigenvalue weighted by atomic mass is 16.6. The van der Waals surface area contributed by atoms with Crippen molar-refractivity contribution in [2.75, 3.05) is 32.9 Å². The quantitative estimate of drug-likeness (QED) is 0.425. The zero-order valence-electron chi connectivity index (χ0n) is 18.5. The molecule has 0 saturated carbocycles. The summed E-state index contributed by atoms with van der Waals surface area (Å²) in [5.74, 6) is -1.11. The summed E-state index contributed by atoms with van der Waals surface area (Å²) in [6.45, 7) is 2.21. The number of ketones is 1. The van der Waals surface area contributed by atoms with Crippen molar-refractivity contribution in [2.45, 2.75) is 19.8 Å². The van der Waals surface area contributed by atoms with Crippen molar-refractivity contribution in [2.24, 2.45) is 5.92 Å². The van der Waals surface area contributed by atoms with Gasteiger partial charge in [0.1, 0.15) is 5.75 Å². The van der Waals surface area contributed by atoms with E-state index in [4.69, 9.17) is 14.2 Å². The Kier molecular flexibility index (Phi) is 8.57. The molecule has 0 atom stereocenters. The molecule has 1 aliphatic rings. The Labute approximate surface area is 192 Å². The zero-order chi connectivity index (χ0) is 23.6. The average Bonchev–Trinajstić information content (AvgIpc) is 2.86. The first kappa shape index (κ1) is 24.0. The highest BCUT2D eigenvalue weighted by Crippen LogP contribution is 2.19. The van der Waals surface area contributed by atoms with Gasteiger partial charge in [0.15, 0.2) is 19.0 Å².